The second-order valence-corrected chi connectivity index (χ2v) is 8.74. The molecular weight excluding hydrogens is 437 g/mol. The molecule has 0 radical (unpaired) electrons. The molecule has 0 aromatic heterocycles. The van der Waals surface area contributed by atoms with Gasteiger partial charge in [0.15, 0.2) is 5.75 Å². The fraction of sp³-hybridized carbons (Fsp3) is 0.250. The van der Waals surface area contributed by atoms with Crippen LogP contribution in [0.25, 0.3) is 0 Å². The van der Waals surface area contributed by atoms with E-state index < -0.39 is 41.1 Å². The van der Waals surface area contributed by atoms with Crippen LogP contribution in [0.3, 0.4) is 0 Å². The van der Waals surface area contributed by atoms with Crippen LogP contribution in [-0.2, 0) is 38.8 Å². The molecule has 31 heavy (non-hydrogen) atoms. The van der Waals surface area contributed by atoms with E-state index in [0.29, 0.717) is 5.75 Å². The standard InChI is InChI=1S/C20H17F3N2O5S/c21-20(22,23)15-8-14(6-3-12(15)7-16(24)18(27)28)30-13-4-1-11(2-5-13)9-31-10-17(26)25-19(31)29/h1-6,8,16H,7,9-10,24H2,(H-,25,26,27,28,29). The van der Waals surface area contributed by atoms with Gasteiger partial charge in [-0.25, -0.2) is 10.1 Å². The first kappa shape index (κ1) is 22.6. The maximum Gasteiger partial charge on any atom is 0.436 e. The van der Waals surface area contributed by atoms with Gasteiger partial charge in [0.25, 0.3) is 5.91 Å². The molecule has 1 fully saturated rings. The molecule has 2 amide bonds. The molecule has 0 bridgehead atoms. The van der Waals surface area contributed by atoms with Crippen molar-refractivity contribution >= 4 is 28.0 Å². The number of carbonyl (C=O) groups excluding carboxylic acids is 3. The van der Waals surface area contributed by atoms with Crippen LogP contribution in [0.1, 0.15) is 16.7 Å². The molecule has 7 nitrogen and oxygen atoms in total. The molecule has 0 saturated carbocycles. The van der Waals surface area contributed by atoms with Crippen molar-refractivity contribution < 1.29 is 37.4 Å². The van der Waals surface area contributed by atoms with E-state index in [9.17, 15) is 32.7 Å². The van der Waals surface area contributed by atoms with Crippen molar-refractivity contribution in [2.45, 2.75) is 24.4 Å². The zero-order valence-electron chi connectivity index (χ0n) is 15.9. The van der Waals surface area contributed by atoms with Crippen LogP contribution in [0.4, 0.5) is 18.0 Å². The van der Waals surface area contributed by atoms with Gasteiger partial charge in [0.2, 0.25) is 0 Å². The molecule has 1 heterocycles. The van der Waals surface area contributed by atoms with Gasteiger partial charge in [0.1, 0.15) is 17.3 Å². The first-order valence-electron chi connectivity index (χ1n) is 8.97. The predicted octanol–water partition coefficient (Wildman–Crippen LogP) is 1.49. The second-order valence-electron chi connectivity index (χ2n) is 6.81. The number of benzene rings is 2. The van der Waals surface area contributed by atoms with Crippen LogP contribution in [0.15, 0.2) is 42.5 Å². The third-order valence-corrected chi connectivity index (χ3v) is 6.36. The van der Waals surface area contributed by atoms with E-state index in [1.165, 1.54) is 6.07 Å². The van der Waals surface area contributed by atoms with Gasteiger partial charge in [-0.05, 0) is 36.2 Å². The topological polar surface area (TPSA) is 122 Å². The highest BCUT2D eigenvalue weighted by atomic mass is 32.2. The molecule has 11 heteroatoms. The number of halogens is 3. The number of nitrogens with two attached hydrogens (primary N) is 1. The number of aliphatic carboxylic acids is 1. The summed E-state index contributed by atoms with van der Waals surface area (Å²) in [5, 5.41) is 12.7. The number of carboxylic acid groups (broad SMARTS) is 1. The molecule has 3 rings (SSSR count). The van der Waals surface area contributed by atoms with Gasteiger partial charge in [-0.1, -0.05) is 18.2 Å². The van der Waals surface area contributed by atoms with E-state index >= 15 is 0 Å². The Morgan fingerprint density at radius 3 is 2.35 bits per heavy atom. The molecule has 0 spiro atoms. The summed E-state index contributed by atoms with van der Waals surface area (Å²) in [6.45, 7) is 0. The zero-order valence-corrected chi connectivity index (χ0v) is 16.7. The molecule has 2 aromatic carbocycles. The summed E-state index contributed by atoms with van der Waals surface area (Å²) in [4.78, 5) is 33.7. The highest BCUT2D eigenvalue weighted by Crippen LogP contribution is 2.36. The van der Waals surface area contributed by atoms with Crippen molar-refractivity contribution in [3.8, 4) is 11.5 Å². The first-order chi connectivity index (χ1) is 14.5. The lowest BCUT2D eigenvalue weighted by atomic mass is 10.00. The van der Waals surface area contributed by atoms with Crippen LogP contribution in [0.5, 0.6) is 11.5 Å². The first-order valence-corrected chi connectivity index (χ1v) is 10.5. The maximum atomic E-state index is 13.4. The van der Waals surface area contributed by atoms with Crippen LogP contribution in [-0.4, -0.2) is 28.9 Å². The van der Waals surface area contributed by atoms with Crippen molar-refractivity contribution in [3.63, 3.8) is 0 Å². The molecular formula is C20H17F3N2O5S. The molecule has 0 aliphatic carbocycles. The van der Waals surface area contributed by atoms with Gasteiger partial charge in [-0.3, -0.25) is 4.79 Å². The van der Waals surface area contributed by atoms with Crippen molar-refractivity contribution in [1.29, 1.82) is 0 Å². The number of carboxylic acids is 1. The number of rotatable bonds is 7. The SMILES string of the molecule is NC(Cc1ccc(Oc2ccc(C[S+]3CC(=O)NC3=O)cc2)cc1C(F)(F)F)C(=O)[O-]. The maximum absolute atomic E-state index is 13.4. The van der Waals surface area contributed by atoms with Crippen LogP contribution >= 0.6 is 0 Å². The lowest BCUT2D eigenvalue weighted by molar-refractivity contribution is -0.307. The van der Waals surface area contributed by atoms with Gasteiger partial charge in [0.05, 0.1) is 22.4 Å². The predicted molar refractivity (Wildman–Crippen MR) is 104 cm³/mol. The number of imide groups is 1. The Morgan fingerprint density at radius 2 is 1.81 bits per heavy atom. The van der Waals surface area contributed by atoms with Gasteiger partial charge in [-0.2, -0.15) is 13.2 Å². The summed E-state index contributed by atoms with van der Waals surface area (Å²) >= 11 is 0. The molecule has 164 valence electrons. The van der Waals surface area contributed by atoms with Crippen molar-refractivity contribution in [1.82, 2.24) is 5.32 Å². The summed E-state index contributed by atoms with van der Waals surface area (Å²) in [7, 11) is -0.744. The van der Waals surface area contributed by atoms with Gasteiger partial charge < -0.3 is 20.4 Å². The molecule has 1 aliphatic rings. The van der Waals surface area contributed by atoms with Crippen LogP contribution in [0, 0.1) is 0 Å². The van der Waals surface area contributed by atoms with Crippen LogP contribution < -0.4 is 20.9 Å². The summed E-state index contributed by atoms with van der Waals surface area (Å²) in [6.07, 6.45) is -5.27. The highest BCUT2D eigenvalue weighted by Gasteiger charge is 2.40. The largest absolute Gasteiger partial charge is 0.548 e. The van der Waals surface area contributed by atoms with Gasteiger partial charge in [0, 0.05) is 11.6 Å². The summed E-state index contributed by atoms with van der Waals surface area (Å²) in [6, 6.07) is 8.03. The third-order valence-electron chi connectivity index (χ3n) is 4.44. The lowest BCUT2D eigenvalue weighted by Gasteiger charge is -2.18. The number of ether oxygens (including phenoxy) is 1. The Balaban J connectivity index is 1.74. The molecule has 2 aromatic rings. The zero-order chi connectivity index (χ0) is 22.8. The minimum absolute atomic E-state index is 0.0894. The highest BCUT2D eigenvalue weighted by molar-refractivity contribution is 8.11. The molecule has 3 N–H and O–H groups in total. The monoisotopic (exact) mass is 454 g/mol. The van der Waals surface area contributed by atoms with Crippen molar-refractivity contribution in [2.24, 2.45) is 5.73 Å². The van der Waals surface area contributed by atoms with E-state index in [1.54, 1.807) is 24.3 Å². The minimum Gasteiger partial charge on any atom is -0.548 e. The smallest absolute Gasteiger partial charge is 0.436 e. The fourth-order valence-electron chi connectivity index (χ4n) is 2.93. The Labute approximate surface area is 177 Å². The quantitative estimate of drug-likeness (QED) is 0.612. The summed E-state index contributed by atoms with van der Waals surface area (Å²) in [5.41, 5.74) is 4.76. The summed E-state index contributed by atoms with van der Waals surface area (Å²) in [5.74, 6) is -1.25. The van der Waals surface area contributed by atoms with E-state index in [0.717, 1.165) is 17.7 Å². The van der Waals surface area contributed by atoms with E-state index in [1.807, 2.05) is 0 Å². The van der Waals surface area contributed by atoms with E-state index in [4.69, 9.17) is 10.5 Å². The number of nitrogens with one attached hydrogen (secondary N) is 1. The Hall–Kier alpha value is -3.05. The van der Waals surface area contributed by atoms with Crippen molar-refractivity contribution in [3.05, 3.63) is 59.2 Å². The molecule has 1 aliphatic heterocycles. The average Bonchev–Trinajstić information content (AvgIpc) is 3.00. The van der Waals surface area contributed by atoms with E-state index in [-0.39, 0.29) is 34.0 Å². The Kier molecular flexibility index (Phi) is 6.56. The molecule has 1 saturated heterocycles. The second kappa shape index (κ2) is 8.98. The Morgan fingerprint density at radius 1 is 1.16 bits per heavy atom. The number of alkyl halides is 3. The normalized spacial score (nSPS) is 17.4. The molecule has 2 atom stereocenters. The number of carbonyl (C=O) groups is 3. The van der Waals surface area contributed by atoms with Gasteiger partial charge >= 0.3 is 11.4 Å². The number of hydrogen-bond acceptors (Lipinski definition) is 6. The van der Waals surface area contributed by atoms with Crippen LogP contribution in [0.2, 0.25) is 0 Å². The average molecular weight is 454 g/mol. The number of amides is 2. The minimum atomic E-state index is -4.73. The van der Waals surface area contributed by atoms with Gasteiger partial charge in [-0.15, -0.1) is 0 Å². The summed E-state index contributed by atoms with van der Waals surface area (Å²) < 4.78 is 45.7. The molecule has 2 unspecified atom stereocenters. The third kappa shape index (κ3) is 5.76. The number of hydrogen-bond donors (Lipinski definition) is 2. The Bertz CT molecular complexity index is 1010. The fourth-order valence-corrected chi connectivity index (χ4v) is 4.54. The van der Waals surface area contributed by atoms with E-state index in [2.05, 4.69) is 5.32 Å². The lowest BCUT2D eigenvalue weighted by Crippen LogP contribution is -2.43. The van der Waals surface area contributed by atoms with Crippen molar-refractivity contribution in [2.75, 3.05) is 5.75 Å².